The fraction of sp³-hybridized carbons (Fsp3) is 0.400. The van der Waals surface area contributed by atoms with Crippen molar-refractivity contribution in [2.75, 3.05) is 13.2 Å². The molecule has 0 amide bonds. The van der Waals surface area contributed by atoms with Crippen LogP contribution < -0.4 is 10.5 Å². The molecule has 0 bridgehead atoms. The summed E-state index contributed by atoms with van der Waals surface area (Å²) in [6.45, 7) is 9.93. The van der Waals surface area contributed by atoms with Gasteiger partial charge in [-0.3, -0.25) is 0 Å². The summed E-state index contributed by atoms with van der Waals surface area (Å²) in [5.74, 6) is 1.28. The van der Waals surface area contributed by atoms with Gasteiger partial charge >= 0.3 is 0 Å². The van der Waals surface area contributed by atoms with Crippen molar-refractivity contribution >= 4 is 0 Å². The predicted octanol–water partition coefficient (Wildman–Crippen LogP) is 4.43. The van der Waals surface area contributed by atoms with Gasteiger partial charge in [0.05, 0.1) is 6.61 Å². The maximum atomic E-state index is 6.02. The van der Waals surface area contributed by atoms with Gasteiger partial charge in [-0.05, 0) is 75.4 Å². The normalized spacial score (nSPS) is 12.2. The first-order chi connectivity index (χ1) is 10.5. The van der Waals surface area contributed by atoms with E-state index in [-0.39, 0.29) is 0 Å². The number of benzene rings is 2. The third-order valence-corrected chi connectivity index (χ3v) is 4.19. The Labute approximate surface area is 134 Å². The molecule has 0 radical (unpaired) electrons. The van der Waals surface area contributed by atoms with Crippen LogP contribution in [0, 0.1) is 27.7 Å². The Morgan fingerprint density at radius 2 is 1.50 bits per heavy atom. The number of rotatable bonds is 6. The van der Waals surface area contributed by atoms with Crippen molar-refractivity contribution < 1.29 is 4.74 Å². The van der Waals surface area contributed by atoms with Crippen LogP contribution in [0.15, 0.2) is 36.4 Å². The Hall–Kier alpha value is -1.80. The van der Waals surface area contributed by atoms with E-state index in [4.69, 9.17) is 10.5 Å². The Bertz CT molecular complexity index is 593. The second-order valence-electron chi connectivity index (χ2n) is 6.20. The number of ether oxygens (including phenoxy) is 1. The minimum absolute atomic E-state index is 0.353. The smallest absolute Gasteiger partial charge is 0.119 e. The summed E-state index contributed by atoms with van der Waals surface area (Å²) in [6.07, 6.45) is 0.940. The first-order valence-corrected chi connectivity index (χ1v) is 7.98. The van der Waals surface area contributed by atoms with Crippen LogP contribution in [0.4, 0.5) is 0 Å². The first-order valence-electron chi connectivity index (χ1n) is 7.98. The summed E-state index contributed by atoms with van der Waals surface area (Å²) in [5, 5.41) is 0. The van der Waals surface area contributed by atoms with E-state index >= 15 is 0 Å². The molecule has 0 fully saturated rings. The summed E-state index contributed by atoms with van der Waals surface area (Å²) >= 11 is 0. The zero-order valence-electron chi connectivity index (χ0n) is 14.1. The van der Waals surface area contributed by atoms with Crippen molar-refractivity contribution in [3.05, 3.63) is 64.2 Å². The maximum Gasteiger partial charge on any atom is 0.119 e. The van der Waals surface area contributed by atoms with Gasteiger partial charge in [0.1, 0.15) is 5.75 Å². The van der Waals surface area contributed by atoms with Crippen LogP contribution in [-0.2, 0) is 0 Å². The van der Waals surface area contributed by atoms with Gasteiger partial charge in [0.25, 0.3) is 0 Å². The second-order valence-corrected chi connectivity index (χ2v) is 6.20. The molecule has 0 heterocycles. The summed E-state index contributed by atoms with van der Waals surface area (Å²) in [5.41, 5.74) is 12.6. The fourth-order valence-electron chi connectivity index (χ4n) is 3.17. The monoisotopic (exact) mass is 297 g/mol. The molecule has 1 atom stereocenters. The molecule has 1 unspecified atom stereocenters. The van der Waals surface area contributed by atoms with Gasteiger partial charge in [-0.15, -0.1) is 0 Å². The van der Waals surface area contributed by atoms with Crippen molar-refractivity contribution in [1.82, 2.24) is 0 Å². The van der Waals surface area contributed by atoms with Crippen molar-refractivity contribution in [2.45, 2.75) is 40.0 Å². The molecule has 2 nitrogen and oxygen atoms in total. The Morgan fingerprint density at radius 1 is 0.909 bits per heavy atom. The standard InChI is InChI=1S/C20H27NO/c1-14-5-7-19(8-6-14)22-10-9-18(13-21)20-16(3)11-15(2)12-17(20)4/h5-8,11-12,18H,9-10,13,21H2,1-4H3. The molecule has 0 aliphatic heterocycles. The van der Waals surface area contributed by atoms with Crippen LogP contribution in [0.5, 0.6) is 5.75 Å². The van der Waals surface area contributed by atoms with Crippen LogP contribution in [0.1, 0.15) is 40.2 Å². The van der Waals surface area contributed by atoms with Crippen LogP contribution in [0.2, 0.25) is 0 Å². The highest BCUT2D eigenvalue weighted by Gasteiger charge is 2.15. The van der Waals surface area contributed by atoms with E-state index in [1.807, 2.05) is 12.1 Å². The summed E-state index contributed by atoms with van der Waals surface area (Å²) in [7, 11) is 0. The lowest BCUT2D eigenvalue weighted by molar-refractivity contribution is 0.298. The van der Waals surface area contributed by atoms with Crippen LogP contribution in [-0.4, -0.2) is 13.2 Å². The molecule has 2 N–H and O–H groups in total. The van der Waals surface area contributed by atoms with Crippen LogP contribution >= 0.6 is 0 Å². The maximum absolute atomic E-state index is 6.02. The molecule has 2 aromatic carbocycles. The van der Waals surface area contributed by atoms with Gasteiger partial charge in [0.2, 0.25) is 0 Å². The molecule has 0 aliphatic carbocycles. The van der Waals surface area contributed by atoms with Gasteiger partial charge in [0.15, 0.2) is 0 Å². The number of hydrogen-bond acceptors (Lipinski definition) is 2. The zero-order chi connectivity index (χ0) is 16.1. The SMILES string of the molecule is Cc1ccc(OCCC(CN)c2c(C)cc(C)cc2C)cc1. The van der Waals surface area contributed by atoms with Gasteiger partial charge in [-0.1, -0.05) is 35.4 Å². The van der Waals surface area contributed by atoms with Gasteiger partial charge < -0.3 is 10.5 Å². The van der Waals surface area contributed by atoms with Crippen molar-refractivity contribution in [3.63, 3.8) is 0 Å². The Balaban J connectivity index is 2.02. The fourth-order valence-corrected chi connectivity index (χ4v) is 3.17. The van der Waals surface area contributed by atoms with Crippen molar-refractivity contribution in [3.8, 4) is 5.75 Å². The van der Waals surface area contributed by atoms with Gasteiger partial charge in [0, 0.05) is 0 Å². The minimum Gasteiger partial charge on any atom is -0.494 e. The molecule has 2 heteroatoms. The molecular formula is C20H27NO. The Morgan fingerprint density at radius 3 is 2.05 bits per heavy atom. The largest absolute Gasteiger partial charge is 0.494 e. The highest BCUT2D eigenvalue weighted by Crippen LogP contribution is 2.27. The molecule has 0 aliphatic rings. The lowest BCUT2D eigenvalue weighted by Gasteiger charge is -2.21. The summed E-state index contributed by atoms with van der Waals surface area (Å²) < 4.78 is 5.86. The minimum atomic E-state index is 0.353. The molecular weight excluding hydrogens is 270 g/mol. The highest BCUT2D eigenvalue weighted by atomic mass is 16.5. The van der Waals surface area contributed by atoms with Crippen LogP contribution in [0.3, 0.4) is 0 Å². The second kappa shape index (κ2) is 7.46. The van der Waals surface area contributed by atoms with E-state index in [1.165, 1.54) is 27.8 Å². The molecule has 2 rings (SSSR count). The third kappa shape index (κ3) is 4.11. The average Bonchev–Trinajstić information content (AvgIpc) is 2.46. The highest BCUT2D eigenvalue weighted by molar-refractivity contribution is 5.40. The molecule has 118 valence electrons. The molecule has 0 saturated heterocycles. The van der Waals surface area contributed by atoms with E-state index in [9.17, 15) is 0 Å². The number of nitrogens with two attached hydrogens (primary N) is 1. The average molecular weight is 297 g/mol. The van der Waals surface area contributed by atoms with E-state index < -0.39 is 0 Å². The molecule has 0 aromatic heterocycles. The van der Waals surface area contributed by atoms with E-state index in [2.05, 4.69) is 52.0 Å². The molecule has 0 spiro atoms. The quantitative estimate of drug-likeness (QED) is 0.856. The van der Waals surface area contributed by atoms with Gasteiger partial charge in [-0.2, -0.15) is 0 Å². The molecule has 0 saturated carbocycles. The van der Waals surface area contributed by atoms with E-state index in [0.717, 1.165) is 12.2 Å². The zero-order valence-corrected chi connectivity index (χ0v) is 14.1. The van der Waals surface area contributed by atoms with E-state index in [0.29, 0.717) is 19.1 Å². The van der Waals surface area contributed by atoms with E-state index in [1.54, 1.807) is 0 Å². The lowest BCUT2D eigenvalue weighted by Crippen LogP contribution is -2.18. The molecule has 22 heavy (non-hydrogen) atoms. The van der Waals surface area contributed by atoms with Gasteiger partial charge in [-0.25, -0.2) is 0 Å². The lowest BCUT2D eigenvalue weighted by atomic mass is 9.87. The number of aryl methyl sites for hydroxylation is 4. The predicted molar refractivity (Wildman–Crippen MR) is 93.7 cm³/mol. The Kier molecular flexibility index (Phi) is 5.62. The third-order valence-electron chi connectivity index (χ3n) is 4.19. The van der Waals surface area contributed by atoms with Crippen molar-refractivity contribution in [1.29, 1.82) is 0 Å². The van der Waals surface area contributed by atoms with Crippen LogP contribution in [0.25, 0.3) is 0 Å². The summed E-state index contributed by atoms with van der Waals surface area (Å²) in [6, 6.07) is 12.7. The molecule has 2 aromatic rings. The first kappa shape index (κ1) is 16.6. The van der Waals surface area contributed by atoms with Crippen molar-refractivity contribution in [2.24, 2.45) is 5.73 Å². The topological polar surface area (TPSA) is 35.2 Å². The number of hydrogen-bond donors (Lipinski definition) is 1. The summed E-state index contributed by atoms with van der Waals surface area (Å²) in [4.78, 5) is 0.